The minimum Gasteiger partial charge on any atom is -0.378 e. The van der Waals surface area contributed by atoms with Crippen molar-refractivity contribution in [2.75, 3.05) is 13.2 Å². The van der Waals surface area contributed by atoms with Gasteiger partial charge in [0, 0.05) is 6.61 Å². The van der Waals surface area contributed by atoms with Crippen molar-refractivity contribution < 1.29 is 4.74 Å². The van der Waals surface area contributed by atoms with Crippen LogP contribution in [0.25, 0.3) is 0 Å². The third kappa shape index (κ3) is 10.9. The van der Waals surface area contributed by atoms with E-state index in [-0.39, 0.29) is 9.68 Å². The van der Waals surface area contributed by atoms with Gasteiger partial charge in [-0.15, -0.1) is 0 Å². The minimum atomic E-state index is 0.0819. The second-order valence-electron chi connectivity index (χ2n) is 6.36. The second kappa shape index (κ2) is 14.1. The summed E-state index contributed by atoms with van der Waals surface area (Å²) in [5.41, 5.74) is 0. The van der Waals surface area contributed by atoms with Gasteiger partial charge in [0.05, 0.1) is 15.8 Å². The maximum Gasteiger partial charge on any atom is 0.0916 e. The number of rotatable bonds is 11. The van der Waals surface area contributed by atoms with Crippen molar-refractivity contribution in [3.63, 3.8) is 0 Å². The van der Waals surface area contributed by atoms with Gasteiger partial charge >= 0.3 is 0 Å². The highest BCUT2D eigenvalue weighted by Crippen LogP contribution is 2.13. The summed E-state index contributed by atoms with van der Waals surface area (Å²) in [5.74, 6) is 0. The summed E-state index contributed by atoms with van der Waals surface area (Å²) >= 11 is 0. The highest BCUT2D eigenvalue weighted by Gasteiger charge is 2.10. The minimum absolute atomic E-state index is 0.0819. The third-order valence-corrected chi connectivity index (χ3v) is 5.93. The molecular weight excluding hydrogens is 262 g/mol. The molecule has 1 aliphatic rings. The standard InChI is InChI=1S/C17H37NOSi/c1-2-3-4-5-6-7-8-9-10-15-19-17-12-11-16-20-18-14-13-17/h17-18H,2-16,20H2,1H3. The van der Waals surface area contributed by atoms with Gasteiger partial charge in [0.25, 0.3) is 0 Å². The number of unbranched alkanes of at least 4 members (excludes halogenated alkanes) is 8. The second-order valence-corrected chi connectivity index (χ2v) is 8.06. The summed E-state index contributed by atoms with van der Waals surface area (Å²) in [6.45, 7) is 4.49. The van der Waals surface area contributed by atoms with Crippen LogP contribution in [0.4, 0.5) is 0 Å². The zero-order chi connectivity index (χ0) is 14.3. The SMILES string of the molecule is CCCCCCCCCCCOC1CCC[SiH2]NCC1. The quantitative estimate of drug-likeness (QED) is 0.456. The summed E-state index contributed by atoms with van der Waals surface area (Å²) < 4.78 is 6.05. The van der Waals surface area contributed by atoms with Crippen LogP contribution in [-0.2, 0) is 4.74 Å². The van der Waals surface area contributed by atoms with Crippen LogP contribution in [0, 0.1) is 0 Å². The molecule has 20 heavy (non-hydrogen) atoms. The molecule has 0 aromatic heterocycles. The molecule has 0 aromatic carbocycles. The molecule has 0 radical (unpaired) electrons. The van der Waals surface area contributed by atoms with E-state index in [1.54, 1.807) is 0 Å². The Labute approximate surface area is 129 Å². The smallest absolute Gasteiger partial charge is 0.0916 e. The Morgan fingerprint density at radius 1 is 0.950 bits per heavy atom. The maximum absolute atomic E-state index is 6.05. The molecule has 120 valence electrons. The van der Waals surface area contributed by atoms with Crippen LogP contribution in [0.5, 0.6) is 0 Å². The lowest BCUT2D eigenvalue weighted by molar-refractivity contribution is 0.0390. The van der Waals surface area contributed by atoms with E-state index >= 15 is 0 Å². The molecule has 2 nitrogen and oxygen atoms in total. The van der Waals surface area contributed by atoms with Gasteiger partial charge in [-0.2, -0.15) is 0 Å². The lowest BCUT2D eigenvalue weighted by Gasteiger charge is -2.20. The molecule has 0 amide bonds. The lowest BCUT2D eigenvalue weighted by atomic mass is 10.1. The highest BCUT2D eigenvalue weighted by atomic mass is 28.2. The Morgan fingerprint density at radius 2 is 1.65 bits per heavy atom. The summed E-state index contributed by atoms with van der Waals surface area (Å²) in [5, 5.41) is 0. The van der Waals surface area contributed by atoms with Gasteiger partial charge in [0.15, 0.2) is 0 Å². The van der Waals surface area contributed by atoms with Crippen molar-refractivity contribution in [2.45, 2.75) is 96.1 Å². The van der Waals surface area contributed by atoms with E-state index in [0.717, 1.165) is 6.61 Å². The first-order valence-electron chi connectivity index (χ1n) is 9.26. The fourth-order valence-electron chi connectivity index (χ4n) is 2.98. The van der Waals surface area contributed by atoms with Crippen molar-refractivity contribution in [3.8, 4) is 0 Å². The fraction of sp³-hybridized carbons (Fsp3) is 1.00. The molecule has 0 bridgehead atoms. The van der Waals surface area contributed by atoms with Crippen molar-refractivity contribution in [2.24, 2.45) is 0 Å². The van der Waals surface area contributed by atoms with Crippen LogP contribution in [0.2, 0.25) is 6.04 Å². The van der Waals surface area contributed by atoms with Gasteiger partial charge in [-0.1, -0.05) is 64.7 Å². The molecule has 1 unspecified atom stereocenters. The molecule has 0 aliphatic carbocycles. The molecule has 0 aromatic rings. The lowest BCUT2D eigenvalue weighted by Crippen LogP contribution is -2.28. The van der Waals surface area contributed by atoms with Crippen molar-refractivity contribution in [1.29, 1.82) is 0 Å². The molecule has 1 atom stereocenters. The normalized spacial score (nSPS) is 21.8. The molecule has 0 saturated carbocycles. The number of nitrogens with one attached hydrogen (secondary N) is 1. The van der Waals surface area contributed by atoms with Crippen LogP contribution < -0.4 is 4.98 Å². The predicted octanol–water partition coefficient (Wildman–Crippen LogP) is 4.18. The number of ether oxygens (including phenoxy) is 1. The largest absolute Gasteiger partial charge is 0.378 e. The summed E-state index contributed by atoms with van der Waals surface area (Å²) in [6, 6.07) is 1.46. The summed E-state index contributed by atoms with van der Waals surface area (Å²) in [4.78, 5) is 3.62. The van der Waals surface area contributed by atoms with E-state index in [0.29, 0.717) is 6.10 Å². The molecule has 1 heterocycles. The van der Waals surface area contributed by atoms with Gasteiger partial charge in [-0.05, 0) is 31.9 Å². The first-order chi connectivity index (χ1) is 9.93. The van der Waals surface area contributed by atoms with E-state index in [4.69, 9.17) is 4.74 Å². The summed E-state index contributed by atoms with van der Waals surface area (Å²) in [6.07, 6.45) is 17.1. The number of hydrogen-bond acceptors (Lipinski definition) is 2. The van der Waals surface area contributed by atoms with Gasteiger partial charge in [-0.3, -0.25) is 0 Å². The van der Waals surface area contributed by atoms with E-state index in [2.05, 4.69) is 11.9 Å². The summed E-state index contributed by atoms with van der Waals surface area (Å²) in [7, 11) is 0.0819. The van der Waals surface area contributed by atoms with Crippen molar-refractivity contribution in [3.05, 3.63) is 0 Å². The molecule has 1 fully saturated rings. The topological polar surface area (TPSA) is 21.3 Å². The molecule has 1 saturated heterocycles. The van der Waals surface area contributed by atoms with Crippen LogP contribution in [0.15, 0.2) is 0 Å². The Kier molecular flexibility index (Phi) is 12.8. The first kappa shape index (κ1) is 18.2. The maximum atomic E-state index is 6.05. The molecule has 0 spiro atoms. The average molecular weight is 300 g/mol. The molecular formula is C17H37NOSi. The van der Waals surface area contributed by atoms with E-state index in [1.165, 1.54) is 89.6 Å². The van der Waals surface area contributed by atoms with Crippen LogP contribution in [-0.4, -0.2) is 28.9 Å². The van der Waals surface area contributed by atoms with Crippen molar-refractivity contribution >= 4 is 9.68 Å². The zero-order valence-electron chi connectivity index (χ0n) is 13.8. The van der Waals surface area contributed by atoms with Gasteiger partial charge in [-0.25, -0.2) is 0 Å². The van der Waals surface area contributed by atoms with E-state index in [9.17, 15) is 0 Å². The van der Waals surface area contributed by atoms with Crippen LogP contribution in [0.3, 0.4) is 0 Å². The van der Waals surface area contributed by atoms with Crippen molar-refractivity contribution in [1.82, 2.24) is 4.98 Å². The molecule has 1 rings (SSSR count). The fourth-order valence-corrected chi connectivity index (χ4v) is 4.23. The van der Waals surface area contributed by atoms with Gasteiger partial charge in [0.2, 0.25) is 0 Å². The number of hydrogen-bond donors (Lipinski definition) is 1. The van der Waals surface area contributed by atoms with E-state index < -0.39 is 0 Å². The highest BCUT2D eigenvalue weighted by molar-refractivity contribution is 6.32. The predicted molar refractivity (Wildman–Crippen MR) is 92.2 cm³/mol. The Bertz CT molecular complexity index is 193. The zero-order valence-corrected chi connectivity index (χ0v) is 15.2. The average Bonchev–Trinajstić information content (AvgIpc) is 2.42. The van der Waals surface area contributed by atoms with Crippen LogP contribution in [0.1, 0.15) is 84.0 Å². The molecule has 1 N–H and O–H groups in total. The van der Waals surface area contributed by atoms with E-state index in [1.807, 2.05) is 0 Å². The Balaban J connectivity index is 1.81. The molecule has 3 heteroatoms. The monoisotopic (exact) mass is 299 g/mol. The third-order valence-electron chi connectivity index (χ3n) is 4.37. The first-order valence-corrected chi connectivity index (χ1v) is 11.0. The van der Waals surface area contributed by atoms with Gasteiger partial charge < -0.3 is 9.72 Å². The van der Waals surface area contributed by atoms with Gasteiger partial charge in [0.1, 0.15) is 0 Å². The molecule has 1 aliphatic heterocycles. The Morgan fingerprint density at radius 3 is 2.40 bits per heavy atom. The van der Waals surface area contributed by atoms with Crippen LogP contribution >= 0.6 is 0 Å². The Hall–Kier alpha value is 0.137.